The molecule has 1 aliphatic carbocycles. The first-order chi connectivity index (χ1) is 15.9. The number of methoxy groups -OCH3 is 1. The van der Waals surface area contributed by atoms with Gasteiger partial charge in [0.05, 0.1) is 18.8 Å². The number of ether oxygens (including phenoxy) is 2. The Morgan fingerprint density at radius 3 is 2.36 bits per heavy atom. The number of unbranched alkanes of at least 4 members (excludes halogenated alkanes) is 2. The summed E-state index contributed by atoms with van der Waals surface area (Å²) in [5, 5.41) is 8.97. The van der Waals surface area contributed by atoms with Crippen LogP contribution in [0.3, 0.4) is 0 Å². The van der Waals surface area contributed by atoms with Crippen LogP contribution in [0.15, 0.2) is 24.3 Å². The van der Waals surface area contributed by atoms with Crippen LogP contribution in [0, 0.1) is 23.5 Å². The number of aliphatic hydroxyl groups is 1. The van der Waals surface area contributed by atoms with Gasteiger partial charge in [0.1, 0.15) is 6.61 Å². The van der Waals surface area contributed by atoms with Crippen molar-refractivity contribution in [2.45, 2.75) is 77.0 Å². The van der Waals surface area contributed by atoms with E-state index in [2.05, 4.69) is 13.5 Å². The maximum Gasteiger partial charge on any atom is 0.335 e. The molecule has 1 unspecified atom stereocenters. The normalized spacial score (nSPS) is 19.3. The van der Waals surface area contributed by atoms with Crippen molar-refractivity contribution in [2.24, 2.45) is 11.8 Å². The predicted molar refractivity (Wildman–Crippen MR) is 126 cm³/mol. The van der Waals surface area contributed by atoms with E-state index in [0.29, 0.717) is 17.9 Å². The van der Waals surface area contributed by atoms with Crippen LogP contribution in [0.2, 0.25) is 0 Å². The molecule has 0 bridgehead atoms. The zero-order valence-electron chi connectivity index (χ0n) is 20.2. The molecule has 1 aliphatic rings. The van der Waals surface area contributed by atoms with E-state index in [1.807, 2.05) is 0 Å². The molecular formula is C27H40F2O4. The third-order valence-electron chi connectivity index (χ3n) is 6.90. The maximum absolute atomic E-state index is 14.9. The third kappa shape index (κ3) is 8.49. The molecule has 186 valence electrons. The number of esters is 1. The minimum Gasteiger partial charge on any atom is -0.462 e. The Bertz CT molecular complexity index is 757. The molecule has 0 saturated heterocycles. The molecule has 0 aromatic heterocycles. The average molecular weight is 467 g/mol. The number of benzene rings is 1. The smallest absolute Gasteiger partial charge is 0.335 e. The standard InChI is InChI=1S/C27H40F2O4/c1-4-5-6-7-20-8-10-21(11-9-20)12-13-22-14-15-24(26(29)25(22)28)23(17-32-3)18-33-27(31)19(2)16-30/h14-15,20-21,23,30H,2,4-13,16-18H2,1,3H3. The summed E-state index contributed by atoms with van der Waals surface area (Å²) >= 11 is 0. The Morgan fingerprint density at radius 2 is 1.76 bits per heavy atom. The lowest BCUT2D eigenvalue weighted by molar-refractivity contribution is -0.140. The second-order valence-corrected chi connectivity index (χ2v) is 9.38. The van der Waals surface area contributed by atoms with Gasteiger partial charge in [0.25, 0.3) is 0 Å². The molecule has 0 spiro atoms. The van der Waals surface area contributed by atoms with Crippen LogP contribution in [-0.2, 0) is 20.7 Å². The van der Waals surface area contributed by atoms with Gasteiger partial charge in [0, 0.05) is 13.0 Å². The minimum absolute atomic E-state index is 0.0656. The SMILES string of the molecule is C=C(CO)C(=O)OCC(COC)c1ccc(CCC2CCC(CCCCC)CC2)c(F)c1F. The van der Waals surface area contributed by atoms with Gasteiger partial charge in [-0.1, -0.05) is 77.0 Å². The summed E-state index contributed by atoms with van der Waals surface area (Å²) in [7, 11) is 1.45. The molecule has 2 rings (SSSR count). The highest BCUT2D eigenvalue weighted by Crippen LogP contribution is 2.35. The van der Waals surface area contributed by atoms with E-state index in [-0.39, 0.29) is 24.4 Å². The number of aryl methyl sites for hydroxylation is 1. The highest BCUT2D eigenvalue weighted by Gasteiger charge is 2.24. The number of halogens is 2. The Balaban J connectivity index is 1.92. The molecule has 1 atom stereocenters. The van der Waals surface area contributed by atoms with Gasteiger partial charge in [0.2, 0.25) is 0 Å². The van der Waals surface area contributed by atoms with Gasteiger partial charge >= 0.3 is 5.97 Å². The first-order valence-corrected chi connectivity index (χ1v) is 12.3. The van der Waals surface area contributed by atoms with Crippen LogP contribution in [-0.4, -0.2) is 38.0 Å². The lowest BCUT2D eigenvalue weighted by Crippen LogP contribution is -2.20. The Morgan fingerprint density at radius 1 is 1.09 bits per heavy atom. The van der Waals surface area contributed by atoms with Crippen molar-refractivity contribution < 1.29 is 28.2 Å². The van der Waals surface area contributed by atoms with E-state index in [4.69, 9.17) is 14.6 Å². The van der Waals surface area contributed by atoms with Crippen molar-refractivity contribution in [1.82, 2.24) is 0 Å². The number of hydrogen-bond acceptors (Lipinski definition) is 4. The van der Waals surface area contributed by atoms with Crippen molar-refractivity contribution in [3.8, 4) is 0 Å². The molecule has 6 heteroatoms. The molecule has 0 amide bonds. The molecular weight excluding hydrogens is 426 g/mol. The van der Waals surface area contributed by atoms with Crippen molar-refractivity contribution in [1.29, 1.82) is 0 Å². The number of rotatable bonds is 14. The fourth-order valence-corrected chi connectivity index (χ4v) is 4.74. The van der Waals surface area contributed by atoms with Crippen LogP contribution in [0.1, 0.15) is 81.8 Å². The number of hydrogen-bond donors (Lipinski definition) is 1. The molecule has 1 fully saturated rings. The lowest BCUT2D eigenvalue weighted by Gasteiger charge is -2.28. The second-order valence-electron chi connectivity index (χ2n) is 9.38. The number of carbonyl (C=O) groups excluding carboxylic acids is 1. The van der Waals surface area contributed by atoms with Crippen molar-refractivity contribution in [3.05, 3.63) is 47.0 Å². The second kappa shape index (κ2) is 14.5. The van der Waals surface area contributed by atoms with Crippen LogP contribution < -0.4 is 0 Å². The zero-order chi connectivity index (χ0) is 24.2. The summed E-state index contributed by atoms with van der Waals surface area (Å²) < 4.78 is 40.0. The highest BCUT2D eigenvalue weighted by molar-refractivity contribution is 5.87. The summed E-state index contributed by atoms with van der Waals surface area (Å²) in [6.07, 6.45) is 11.5. The molecule has 0 heterocycles. The van der Waals surface area contributed by atoms with E-state index in [1.165, 1.54) is 58.5 Å². The van der Waals surface area contributed by atoms with Gasteiger partial charge in [-0.15, -0.1) is 0 Å². The number of carbonyl (C=O) groups is 1. The summed E-state index contributed by atoms with van der Waals surface area (Å²) in [6, 6.07) is 3.21. The Hall–Kier alpha value is -1.79. The Kier molecular flexibility index (Phi) is 12.0. The van der Waals surface area contributed by atoms with Crippen molar-refractivity contribution >= 4 is 5.97 Å². The quantitative estimate of drug-likeness (QED) is 0.204. The van der Waals surface area contributed by atoms with E-state index in [0.717, 1.165) is 12.3 Å². The zero-order valence-corrected chi connectivity index (χ0v) is 20.2. The van der Waals surface area contributed by atoms with E-state index >= 15 is 0 Å². The largest absolute Gasteiger partial charge is 0.462 e. The molecule has 1 saturated carbocycles. The predicted octanol–water partition coefficient (Wildman–Crippen LogP) is 6.11. The molecule has 4 nitrogen and oxygen atoms in total. The first kappa shape index (κ1) is 27.5. The summed E-state index contributed by atoms with van der Waals surface area (Å²) in [5.74, 6) is -1.75. The molecule has 1 N–H and O–H groups in total. The Labute approximate surface area is 197 Å². The summed E-state index contributed by atoms with van der Waals surface area (Å²) in [5.41, 5.74) is 0.416. The molecule has 1 aromatic carbocycles. The van der Waals surface area contributed by atoms with E-state index in [1.54, 1.807) is 12.1 Å². The van der Waals surface area contributed by atoms with Crippen LogP contribution in [0.4, 0.5) is 8.78 Å². The van der Waals surface area contributed by atoms with Gasteiger partial charge in [-0.25, -0.2) is 13.6 Å². The van der Waals surface area contributed by atoms with Crippen molar-refractivity contribution in [2.75, 3.05) is 26.9 Å². The van der Waals surface area contributed by atoms with Crippen LogP contribution >= 0.6 is 0 Å². The van der Waals surface area contributed by atoms with Gasteiger partial charge in [-0.2, -0.15) is 0 Å². The van der Waals surface area contributed by atoms with Crippen molar-refractivity contribution in [3.63, 3.8) is 0 Å². The van der Waals surface area contributed by atoms with E-state index < -0.39 is 30.1 Å². The average Bonchev–Trinajstić information content (AvgIpc) is 2.83. The van der Waals surface area contributed by atoms with Gasteiger partial charge < -0.3 is 14.6 Å². The number of aliphatic hydroxyl groups excluding tert-OH is 1. The molecule has 1 aromatic rings. The van der Waals surface area contributed by atoms with Gasteiger partial charge in [-0.05, 0) is 35.8 Å². The van der Waals surface area contributed by atoms with E-state index in [9.17, 15) is 13.6 Å². The van der Waals surface area contributed by atoms with Crippen LogP contribution in [0.25, 0.3) is 0 Å². The minimum atomic E-state index is -0.911. The van der Waals surface area contributed by atoms with Gasteiger partial charge in [0.15, 0.2) is 11.6 Å². The molecule has 33 heavy (non-hydrogen) atoms. The maximum atomic E-state index is 14.9. The summed E-state index contributed by atoms with van der Waals surface area (Å²) in [6.45, 7) is 4.99. The third-order valence-corrected chi connectivity index (χ3v) is 6.90. The monoisotopic (exact) mass is 466 g/mol. The topological polar surface area (TPSA) is 55.8 Å². The summed E-state index contributed by atoms with van der Waals surface area (Å²) in [4.78, 5) is 11.8. The highest BCUT2D eigenvalue weighted by atomic mass is 19.2. The first-order valence-electron chi connectivity index (χ1n) is 12.3. The fraction of sp³-hybridized carbons (Fsp3) is 0.667. The lowest BCUT2D eigenvalue weighted by atomic mass is 9.77. The molecule has 0 aliphatic heterocycles. The molecule has 0 radical (unpaired) electrons. The van der Waals surface area contributed by atoms with Gasteiger partial charge in [-0.3, -0.25) is 0 Å². The fourth-order valence-electron chi connectivity index (χ4n) is 4.74. The van der Waals surface area contributed by atoms with Crippen LogP contribution in [0.5, 0.6) is 0 Å².